The maximum absolute atomic E-state index is 13.1. The molecule has 1 fully saturated rings. The van der Waals surface area contributed by atoms with E-state index in [0.29, 0.717) is 18.4 Å². The van der Waals surface area contributed by atoms with Gasteiger partial charge in [-0.1, -0.05) is 24.3 Å². The number of aliphatic hydroxyl groups is 1. The van der Waals surface area contributed by atoms with Gasteiger partial charge in [0.25, 0.3) is 0 Å². The molecule has 0 saturated carbocycles. The Hall–Kier alpha value is -2.11. The van der Waals surface area contributed by atoms with Gasteiger partial charge in [-0.3, -0.25) is 0 Å². The molecule has 3 aliphatic heterocycles. The Morgan fingerprint density at radius 3 is 2.75 bits per heavy atom. The molecule has 0 aliphatic carbocycles. The number of likely N-dealkylation sites (tertiary alicyclic amines) is 1. The summed E-state index contributed by atoms with van der Waals surface area (Å²) in [4.78, 5) is 7.53. The second-order valence-corrected chi connectivity index (χ2v) is 8.45. The molecule has 2 aromatic carbocycles. The lowest BCUT2D eigenvalue weighted by Gasteiger charge is -2.41. The number of fused-ring (bicyclic) bond motifs is 3. The Balaban J connectivity index is 1.28. The van der Waals surface area contributed by atoms with Gasteiger partial charge in [0.2, 0.25) is 0 Å². The van der Waals surface area contributed by atoms with Gasteiger partial charge < -0.3 is 19.8 Å². The van der Waals surface area contributed by atoms with Crippen molar-refractivity contribution < 1.29 is 9.50 Å². The SMILES string of the molecule is CN1CCN2c3c(cccc31)[C@@H]1CN(CCC(O)c3ccc(F)cc3)CC[C@@H]12. The standard InChI is InChI=1S/C23H28FN3O/c1-25-13-14-27-20-9-11-26(12-10-22(28)16-5-7-17(24)8-6-16)15-19(20)18-3-2-4-21(25)23(18)27/h2-8,19-20,22,28H,9-15H2,1H3/t19-,20-,22?/m0/s1. The lowest BCUT2D eigenvalue weighted by molar-refractivity contribution is 0.125. The number of piperidine rings is 1. The van der Waals surface area contributed by atoms with E-state index in [9.17, 15) is 9.50 Å². The molecule has 4 nitrogen and oxygen atoms in total. The monoisotopic (exact) mass is 381 g/mol. The van der Waals surface area contributed by atoms with Crippen LogP contribution in [0, 0.1) is 5.82 Å². The fourth-order valence-corrected chi connectivity index (χ4v) is 5.34. The van der Waals surface area contributed by atoms with E-state index in [1.54, 1.807) is 12.1 Å². The van der Waals surface area contributed by atoms with E-state index in [2.05, 4.69) is 39.9 Å². The molecule has 0 amide bonds. The highest BCUT2D eigenvalue weighted by Gasteiger charge is 2.44. The van der Waals surface area contributed by atoms with Gasteiger partial charge in [-0.25, -0.2) is 4.39 Å². The van der Waals surface area contributed by atoms with Crippen LogP contribution in [0.2, 0.25) is 0 Å². The highest BCUT2D eigenvalue weighted by Crippen LogP contribution is 2.50. The van der Waals surface area contributed by atoms with E-state index in [1.807, 2.05) is 0 Å². The molecule has 1 unspecified atom stereocenters. The summed E-state index contributed by atoms with van der Waals surface area (Å²) in [6.07, 6.45) is 1.32. The first-order valence-corrected chi connectivity index (χ1v) is 10.4. The number of aliphatic hydroxyl groups excluding tert-OH is 1. The van der Waals surface area contributed by atoms with Crippen molar-refractivity contribution in [2.24, 2.45) is 0 Å². The Morgan fingerprint density at radius 2 is 1.93 bits per heavy atom. The summed E-state index contributed by atoms with van der Waals surface area (Å²) >= 11 is 0. The zero-order valence-corrected chi connectivity index (χ0v) is 16.4. The molecular weight excluding hydrogens is 353 g/mol. The van der Waals surface area contributed by atoms with E-state index >= 15 is 0 Å². The van der Waals surface area contributed by atoms with Crippen molar-refractivity contribution in [2.45, 2.75) is 30.9 Å². The molecule has 5 rings (SSSR count). The number of halogens is 1. The number of anilines is 2. The Bertz CT molecular complexity index is 855. The summed E-state index contributed by atoms with van der Waals surface area (Å²) in [5, 5.41) is 10.5. The minimum atomic E-state index is -0.534. The van der Waals surface area contributed by atoms with Gasteiger partial charge in [0.15, 0.2) is 0 Å². The summed E-state index contributed by atoms with van der Waals surface area (Å²) in [5.74, 6) is 0.294. The maximum atomic E-state index is 13.1. The number of para-hydroxylation sites is 1. The van der Waals surface area contributed by atoms with Crippen LogP contribution in [0.3, 0.4) is 0 Å². The van der Waals surface area contributed by atoms with Crippen LogP contribution in [0.15, 0.2) is 42.5 Å². The van der Waals surface area contributed by atoms with Crippen molar-refractivity contribution in [3.63, 3.8) is 0 Å². The number of benzene rings is 2. The van der Waals surface area contributed by atoms with Crippen LogP contribution < -0.4 is 9.80 Å². The molecule has 0 bridgehead atoms. The number of nitrogens with zero attached hydrogens (tertiary/aromatic N) is 3. The van der Waals surface area contributed by atoms with Gasteiger partial charge in [-0.15, -0.1) is 0 Å². The van der Waals surface area contributed by atoms with Gasteiger partial charge in [0.1, 0.15) is 5.82 Å². The molecule has 28 heavy (non-hydrogen) atoms. The fraction of sp³-hybridized carbons (Fsp3) is 0.478. The Kier molecular flexibility index (Phi) is 4.52. The number of likely N-dealkylation sites (N-methyl/N-ethyl adjacent to an activating group) is 1. The summed E-state index contributed by atoms with van der Waals surface area (Å²) in [6.45, 7) is 5.21. The number of hydrogen-bond donors (Lipinski definition) is 1. The number of rotatable bonds is 4. The van der Waals surface area contributed by atoms with Gasteiger partial charge in [0.05, 0.1) is 17.5 Å². The molecule has 1 N–H and O–H groups in total. The molecule has 3 heterocycles. The summed E-state index contributed by atoms with van der Waals surface area (Å²) in [5.41, 5.74) is 5.13. The van der Waals surface area contributed by atoms with Crippen molar-refractivity contribution in [2.75, 3.05) is 49.6 Å². The van der Waals surface area contributed by atoms with Crippen LogP contribution in [-0.2, 0) is 0 Å². The van der Waals surface area contributed by atoms with Crippen LogP contribution in [0.1, 0.15) is 36.0 Å². The second kappa shape index (κ2) is 7.05. The average molecular weight is 381 g/mol. The fourth-order valence-electron chi connectivity index (χ4n) is 5.34. The first kappa shape index (κ1) is 18.0. The molecule has 0 radical (unpaired) electrons. The molecule has 1 saturated heterocycles. The molecule has 0 spiro atoms. The van der Waals surface area contributed by atoms with Gasteiger partial charge >= 0.3 is 0 Å². The Labute approximate surface area is 166 Å². The van der Waals surface area contributed by atoms with Gasteiger partial charge in [-0.05, 0) is 42.2 Å². The number of hydrogen-bond acceptors (Lipinski definition) is 4. The average Bonchev–Trinajstić information content (AvgIpc) is 3.04. The molecule has 3 atom stereocenters. The zero-order valence-electron chi connectivity index (χ0n) is 16.4. The van der Waals surface area contributed by atoms with E-state index in [-0.39, 0.29) is 5.82 Å². The van der Waals surface area contributed by atoms with Crippen molar-refractivity contribution in [3.05, 3.63) is 59.4 Å². The predicted molar refractivity (Wildman–Crippen MR) is 111 cm³/mol. The van der Waals surface area contributed by atoms with E-state index in [0.717, 1.165) is 38.3 Å². The van der Waals surface area contributed by atoms with E-state index in [4.69, 9.17) is 0 Å². The molecule has 148 valence electrons. The molecule has 0 aromatic heterocycles. The topological polar surface area (TPSA) is 30.0 Å². The minimum Gasteiger partial charge on any atom is -0.388 e. The summed E-state index contributed by atoms with van der Waals surface area (Å²) in [7, 11) is 2.19. The predicted octanol–water partition coefficient (Wildman–Crippen LogP) is 3.38. The zero-order chi connectivity index (χ0) is 19.3. The third kappa shape index (κ3) is 2.97. The maximum Gasteiger partial charge on any atom is 0.123 e. The Morgan fingerprint density at radius 1 is 1.11 bits per heavy atom. The van der Waals surface area contributed by atoms with Crippen molar-refractivity contribution in [3.8, 4) is 0 Å². The first-order valence-electron chi connectivity index (χ1n) is 10.4. The van der Waals surface area contributed by atoms with E-state index < -0.39 is 6.10 Å². The third-order valence-corrected chi connectivity index (χ3v) is 6.85. The normalized spacial score (nSPS) is 24.8. The summed E-state index contributed by atoms with van der Waals surface area (Å²) in [6, 6.07) is 13.6. The van der Waals surface area contributed by atoms with Crippen molar-refractivity contribution in [1.82, 2.24) is 4.90 Å². The molecule has 2 aromatic rings. The van der Waals surface area contributed by atoms with Crippen LogP contribution in [0.5, 0.6) is 0 Å². The van der Waals surface area contributed by atoms with Crippen LogP contribution in [0.4, 0.5) is 15.8 Å². The van der Waals surface area contributed by atoms with E-state index in [1.165, 1.54) is 35.5 Å². The lowest BCUT2D eigenvalue weighted by Crippen LogP contribution is -2.49. The third-order valence-electron chi connectivity index (χ3n) is 6.85. The van der Waals surface area contributed by atoms with Gasteiger partial charge in [0, 0.05) is 51.7 Å². The highest BCUT2D eigenvalue weighted by molar-refractivity contribution is 5.80. The molecule has 3 aliphatic rings. The van der Waals surface area contributed by atoms with Crippen molar-refractivity contribution >= 4 is 11.4 Å². The van der Waals surface area contributed by atoms with Crippen LogP contribution in [0.25, 0.3) is 0 Å². The quantitative estimate of drug-likeness (QED) is 0.880. The minimum absolute atomic E-state index is 0.259. The largest absolute Gasteiger partial charge is 0.388 e. The second-order valence-electron chi connectivity index (χ2n) is 8.45. The highest BCUT2D eigenvalue weighted by atomic mass is 19.1. The first-order chi connectivity index (χ1) is 13.6. The summed E-state index contributed by atoms with van der Waals surface area (Å²) < 4.78 is 13.1. The molecular formula is C23H28FN3O. The smallest absolute Gasteiger partial charge is 0.123 e. The van der Waals surface area contributed by atoms with Crippen LogP contribution in [-0.4, -0.2) is 55.8 Å². The lowest BCUT2D eigenvalue weighted by atomic mass is 9.89. The molecule has 5 heteroatoms. The van der Waals surface area contributed by atoms with Crippen LogP contribution >= 0.6 is 0 Å². The van der Waals surface area contributed by atoms with Gasteiger partial charge in [-0.2, -0.15) is 0 Å². The van der Waals surface area contributed by atoms with Crippen molar-refractivity contribution in [1.29, 1.82) is 0 Å².